The third-order valence-corrected chi connectivity index (χ3v) is 2.97. The third-order valence-electron chi connectivity index (χ3n) is 2.97. The first-order valence-electron chi connectivity index (χ1n) is 6.54. The lowest BCUT2D eigenvalue weighted by molar-refractivity contribution is -0.137. The normalized spacial score (nSPS) is 11.4. The van der Waals surface area contributed by atoms with Crippen molar-refractivity contribution in [1.29, 1.82) is 0 Å². The molecule has 0 amide bonds. The van der Waals surface area contributed by atoms with Crippen molar-refractivity contribution in [2.75, 3.05) is 6.61 Å². The van der Waals surface area contributed by atoms with Crippen molar-refractivity contribution in [3.05, 3.63) is 59.7 Å². The summed E-state index contributed by atoms with van der Waals surface area (Å²) in [4.78, 5) is 0. The second kappa shape index (κ2) is 6.63. The van der Waals surface area contributed by atoms with E-state index < -0.39 is 11.7 Å². The molecule has 0 heterocycles. The summed E-state index contributed by atoms with van der Waals surface area (Å²) in [5, 5.41) is 8.87. The fourth-order valence-corrected chi connectivity index (χ4v) is 1.94. The Balaban J connectivity index is 2.22. The van der Waals surface area contributed by atoms with Crippen LogP contribution < -0.4 is 4.74 Å². The number of rotatable bonds is 5. The highest BCUT2D eigenvalue weighted by Crippen LogP contribution is 2.33. The zero-order valence-corrected chi connectivity index (χ0v) is 11.2. The van der Waals surface area contributed by atoms with E-state index in [9.17, 15) is 13.2 Å². The summed E-state index contributed by atoms with van der Waals surface area (Å²) < 4.78 is 43.6. The first-order chi connectivity index (χ1) is 10.0. The van der Waals surface area contributed by atoms with Gasteiger partial charge in [-0.05, 0) is 42.7 Å². The molecule has 0 aliphatic carbocycles. The Kier molecular flexibility index (Phi) is 4.85. The predicted octanol–water partition coefficient (Wildman–Crippen LogP) is 4.42. The summed E-state index contributed by atoms with van der Waals surface area (Å²) in [6, 6.07) is 11.9. The van der Waals surface area contributed by atoms with Crippen LogP contribution in [0.4, 0.5) is 13.2 Å². The van der Waals surface area contributed by atoms with E-state index in [4.69, 9.17) is 9.84 Å². The second-order valence-electron chi connectivity index (χ2n) is 4.56. The molecule has 2 nitrogen and oxygen atoms in total. The van der Waals surface area contributed by atoms with E-state index >= 15 is 0 Å². The number of para-hydroxylation sites is 1. The number of halogens is 3. The first-order valence-corrected chi connectivity index (χ1v) is 6.54. The molecular weight excluding hydrogens is 281 g/mol. The fourth-order valence-electron chi connectivity index (χ4n) is 1.94. The molecule has 0 fully saturated rings. The van der Waals surface area contributed by atoms with Gasteiger partial charge in [0.1, 0.15) is 11.5 Å². The van der Waals surface area contributed by atoms with Gasteiger partial charge >= 0.3 is 6.18 Å². The average molecular weight is 296 g/mol. The van der Waals surface area contributed by atoms with E-state index in [1.165, 1.54) is 12.1 Å². The van der Waals surface area contributed by atoms with Crippen LogP contribution in [-0.4, -0.2) is 11.7 Å². The minimum absolute atomic E-state index is 0.0535. The summed E-state index contributed by atoms with van der Waals surface area (Å²) in [6.07, 6.45) is -3.22. The van der Waals surface area contributed by atoms with Gasteiger partial charge in [0.15, 0.2) is 0 Å². The molecule has 2 rings (SSSR count). The van der Waals surface area contributed by atoms with Crippen LogP contribution in [0.1, 0.15) is 17.5 Å². The van der Waals surface area contributed by atoms with E-state index in [1.54, 1.807) is 12.1 Å². The number of benzene rings is 2. The van der Waals surface area contributed by atoms with E-state index in [-0.39, 0.29) is 12.4 Å². The van der Waals surface area contributed by atoms with Gasteiger partial charge in [-0.3, -0.25) is 0 Å². The highest BCUT2D eigenvalue weighted by atomic mass is 19.4. The number of aliphatic hydroxyl groups is 1. The zero-order chi connectivity index (χ0) is 15.3. The largest absolute Gasteiger partial charge is 0.457 e. The molecule has 0 unspecified atom stereocenters. The van der Waals surface area contributed by atoms with Crippen molar-refractivity contribution in [3.8, 4) is 11.5 Å². The Morgan fingerprint density at radius 1 is 1.00 bits per heavy atom. The number of aliphatic hydroxyl groups excluding tert-OH is 1. The molecule has 0 atom stereocenters. The molecule has 0 aromatic heterocycles. The number of hydrogen-bond acceptors (Lipinski definition) is 2. The molecule has 112 valence electrons. The molecule has 0 aliphatic heterocycles. The van der Waals surface area contributed by atoms with Crippen LogP contribution in [0.3, 0.4) is 0 Å². The third kappa shape index (κ3) is 4.23. The molecule has 2 aromatic rings. The average Bonchev–Trinajstić information content (AvgIpc) is 2.46. The first kappa shape index (κ1) is 15.4. The summed E-state index contributed by atoms with van der Waals surface area (Å²) >= 11 is 0. The lowest BCUT2D eigenvalue weighted by Gasteiger charge is -2.12. The van der Waals surface area contributed by atoms with Crippen molar-refractivity contribution < 1.29 is 23.0 Å². The Morgan fingerprint density at radius 2 is 1.76 bits per heavy atom. The maximum atomic E-state index is 12.7. The van der Waals surface area contributed by atoms with Gasteiger partial charge in [-0.2, -0.15) is 13.2 Å². The van der Waals surface area contributed by atoms with Crippen LogP contribution in [0.2, 0.25) is 0 Å². The summed E-state index contributed by atoms with van der Waals surface area (Å²) in [7, 11) is 0. The molecular formula is C16H15F3O2. The maximum Gasteiger partial charge on any atom is 0.416 e. The molecule has 0 aliphatic rings. The standard InChI is InChI=1S/C16H15F3O2/c17-16(18,19)13-7-3-8-14(11-13)21-15-9-2-1-5-12(15)6-4-10-20/h1-3,5,7-9,11,20H,4,6,10H2. The molecule has 0 saturated heterocycles. The van der Waals surface area contributed by atoms with Gasteiger partial charge in [-0.15, -0.1) is 0 Å². The van der Waals surface area contributed by atoms with Gasteiger partial charge < -0.3 is 9.84 Å². The Labute approximate surface area is 120 Å². The number of hydrogen-bond donors (Lipinski definition) is 1. The lowest BCUT2D eigenvalue weighted by atomic mass is 10.1. The Bertz CT molecular complexity index is 594. The van der Waals surface area contributed by atoms with Gasteiger partial charge in [0.05, 0.1) is 5.56 Å². The highest BCUT2D eigenvalue weighted by molar-refractivity contribution is 5.39. The molecule has 2 aromatic carbocycles. The van der Waals surface area contributed by atoms with Gasteiger partial charge in [0, 0.05) is 6.61 Å². The summed E-state index contributed by atoms with van der Waals surface area (Å²) in [5.41, 5.74) is 0.108. The predicted molar refractivity (Wildman–Crippen MR) is 73.4 cm³/mol. The van der Waals surface area contributed by atoms with Gasteiger partial charge in [-0.1, -0.05) is 24.3 Å². The van der Waals surface area contributed by atoms with Crippen LogP contribution in [0, 0.1) is 0 Å². The highest BCUT2D eigenvalue weighted by Gasteiger charge is 2.30. The van der Waals surface area contributed by atoms with Crippen molar-refractivity contribution in [2.45, 2.75) is 19.0 Å². The molecule has 5 heteroatoms. The van der Waals surface area contributed by atoms with Crippen molar-refractivity contribution in [2.24, 2.45) is 0 Å². The molecule has 0 radical (unpaired) electrons. The van der Waals surface area contributed by atoms with E-state index in [0.717, 1.165) is 17.7 Å². The van der Waals surface area contributed by atoms with Crippen molar-refractivity contribution >= 4 is 0 Å². The molecule has 0 saturated carbocycles. The number of alkyl halides is 3. The molecule has 21 heavy (non-hydrogen) atoms. The van der Waals surface area contributed by atoms with E-state index in [0.29, 0.717) is 18.6 Å². The molecule has 1 N–H and O–H groups in total. The van der Waals surface area contributed by atoms with Crippen molar-refractivity contribution in [3.63, 3.8) is 0 Å². The SMILES string of the molecule is OCCCc1ccccc1Oc1cccc(C(F)(F)F)c1. The van der Waals surface area contributed by atoms with Crippen LogP contribution >= 0.6 is 0 Å². The van der Waals surface area contributed by atoms with Crippen LogP contribution in [0.15, 0.2) is 48.5 Å². The smallest absolute Gasteiger partial charge is 0.416 e. The topological polar surface area (TPSA) is 29.5 Å². The fraction of sp³-hybridized carbons (Fsp3) is 0.250. The quantitative estimate of drug-likeness (QED) is 0.885. The lowest BCUT2D eigenvalue weighted by Crippen LogP contribution is -2.04. The van der Waals surface area contributed by atoms with Crippen LogP contribution in [0.25, 0.3) is 0 Å². The zero-order valence-electron chi connectivity index (χ0n) is 11.2. The van der Waals surface area contributed by atoms with Crippen LogP contribution in [-0.2, 0) is 12.6 Å². The van der Waals surface area contributed by atoms with Crippen molar-refractivity contribution in [1.82, 2.24) is 0 Å². The van der Waals surface area contributed by atoms with E-state index in [1.807, 2.05) is 12.1 Å². The van der Waals surface area contributed by atoms with Crippen LogP contribution in [0.5, 0.6) is 11.5 Å². The monoisotopic (exact) mass is 296 g/mol. The number of ether oxygens (including phenoxy) is 1. The van der Waals surface area contributed by atoms with Gasteiger partial charge in [0.25, 0.3) is 0 Å². The molecule has 0 spiro atoms. The number of aryl methyl sites for hydroxylation is 1. The Hall–Kier alpha value is -2.01. The second-order valence-corrected chi connectivity index (χ2v) is 4.56. The summed E-state index contributed by atoms with van der Waals surface area (Å²) in [6.45, 7) is 0.0535. The van der Waals surface area contributed by atoms with Gasteiger partial charge in [-0.25, -0.2) is 0 Å². The van der Waals surface area contributed by atoms with E-state index in [2.05, 4.69) is 0 Å². The van der Waals surface area contributed by atoms with Gasteiger partial charge in [0.2, 0.25) is 0 Å². The molecule has 0 bridgehead atoms. The minimum atomic E-state index is -4.39. The minimum Gasteiger partial charge on any atom is -0.457 e. The Morgan fingerprint density at radius 3 is 2.48 bits per heavy atom. The summed E-state index contributed by atoms with van der Waals surface area (Å²) in [5.74, 6) is 0.645. The maximum absolute atomic E-state index is 12.7.